The Bertz CT molecular complexity index is 343. The third-order valence-electron chi connectivity index (χ3n) is 3.40. The van der Waals surface area contributed by atoms with Crippen LogP contribution in [0.2, 0.25) is 0 Å². The zero-order valence-corrected chi connectivity index (χ0v) is 10.3. The lowest BCUT2D eigenvalue weighted by molar-refractivity contribution is 0.403. The van der Waals surface area contributed by atoms with Crippen LogP contribution >= 0.6 is 0 Å². The second-order valence-electron chi connectivity index (χ2n) is 4.43. The maximum Gasteiger partial charge on any atom is 0.122 e. The lowest BCUT2D eigenvalue weighted by Gasteiger charge is -2.24. The van der Waals surface area contributed by atoms with Gasteiger partial charge in [-0.05, 0) is 43.0 Å². The molecule has 88 valence electrons. The van der Waals surface area contributed by atoms with Crippen LogP contribution in [-0.4, -0.2) is 13.7 Å². The van der Waals surface area contributed by atoms with Gasteiger partial charge in [-0.25, -0.2) is 0 Å². The number of aryl methyl sites for hydroxylation is 1. The summed E-state index contributed by atoms with van der Waals surface area (Å²) in [5, 5.41) is 3.58. The van der Waals surface area contributed by atoms with E-state index in [-0.39, 0.29) is 0 Å². The van der Waals surface area contributed by atoms with Crippen molar-refractivity contribution in [3.63, 3.8) is 0 Å². The predicted octanol–water partition coefficient (Wildman–Crippen LogP) is 3.07. The lowest BCUT2D eigenvalue weighted by Crippen LogP contribution is -2.26. The first-order valence-corrected chi connectivity index (χ1v) is 6.25. The van der Waals surface area contributed by atoms with Crippen molar-refractivity contribution >= 4 is 0 Å². The second-order valence-corrected chi connectivity index (χ2v) is 4.43. The van der Waals surface area contributed by atoms with Crippen molar-refractivity contribution in [2.24, 2.45) is 0 Å². The van der Waals surface area contributed by atoms with Crippen LogP contribution in [0.3, 0.4) is 0 Å². The van der Waals surface area contributed by atoms with E-state index in [1.807, 2.05) is 0 Å². The molecule has 0 aromatic heterocycles. The van der Waals surface area contributed by atoms with E-state index in [1.165, 1.54) is 30.4 Å². The second kappa shape index (κ2) is 5.35. The van der Waals surface area contributed by atoms with Gasteiger partial charge < -0.3 is 10.1 Å². The predicted molar refractivity (Wildman–Crippen MR) is 67.0 cm³/mol. The van der Waals surface area contributed by atoms with Crippen LogP contribution in [0.5, 0.6) is 5.75 Å². The molecule has 0 saturated carbocycles. The zero-order chi connectivity index (χ0) is 11.4. The minimum atomic E-state index is 0.546. The zero-order valence-electron chi connectivity index (χ0n) is 10.3. The molecule has 1 fully saturated rings. The Morgan fingerprint density at radius 3 is 2.88 bits per heavy atom. The summed E-state index contributed by atoms with van der Waals surface area (Å²) in [4.78, 5) is 0. The van der Waals surface area contributed by atoms with Crippen LogP contribution in [0.4, 0.5) is 0 Å². The van der Waals surface area contributed by atoms with Crippen LogP contribution in [0.1, 0.15) is 43.4 Å². The summed E-state index contributed by atoms with van der Waals surface area (Å²) in [5.41, 5.74) is 2.73. The van der Waals surface area contributed by atoms with Crippen molar-refractivity contribution in [3.05, 3.63) is 29.3 Å². The lowest BCUT2D eigenvalue weighted by atomic mass is 9.95. The average Bonchev–Trinajstić information content (AvgIpc) is 2.39. The molecule has 0 amide bonds. The van der Waals surface area contributed by atoms with Crippen LogP contribution in [-0.2, 0) is 6.42 Å². The van der Waals surface area contributed by atoms with Crippen molar-refractivity contribution in [2.45, 2.75) is 38.6 Å². The van der Waals surface area contributed by atoms with E-state index in [0.29, 0.717) is 6.04 Å². The Morgan fingerprint density at radius 1 is 1.38 bits per heavy atom. The molecule has 1 unspecified atom stereocenters. The fourth-order valence-corrected chi connectivity index (χ4v) is 2.43. The van der Waals surface area contributed by atoms with Crippen molar-refractivity contribution in [3.8, 4) is 5.75 Å². The quantitative estimate of drug-likeness (QED) is 0.843. The number of hydrogen-bond acceptors (Lipinski definition) is 2. The molecular formula is C14H21NO. The summed E-state index contributed by atoms with van der Waals surface area (Å²) < 4.78 is 5.36. The summed E-state index contributed by atoms with van der Waals surface area (Å²) in [5.74, 6) is 1.02. The Labute approximate surface area is 98.0 Å². The standard InChI is InChI=1S/C14H21NO/c1-3-11-10-12(7-8-14(11)16-2)13-6-4-5-9-15-13/h7-8,10,13,15H,3-6,9H2,1-2H3. The summed E-state index contributed by atoms with van der Waals surface area (Å²) in [6.45, 7) is 3.33. The fourth-order valence-electron chi connectivity index (χ4n) is 2.43. The van der Waals surface area contributed by atoms with Gasteiger partial charge in [0.25, 0.3) is 0 Å². The number of piperidine rings is 1. The first-order chi connectivity index (χ1) is 7.85. The number of ether oxygens (including phenoxy) is 1. The number of hydrogen-bond donors (Lipinski definition) is 1. The van der Waals surface area contributed by atoms with Gasteiger partial charge in [-0.15, -0.1) is 0 Å². The Hall–Kier alpha value is -1.02. The number of methoxy groups -OCH3 is 1. The van der Waals surface area contributed by atoms with Gasteiger partial charge in [0.05, 0.1) is 7.11 Å². The first-order valence-electron chi connectivity index (χ1n) is 6.25. The molecule has 2 rings (SSSR count). The monoisotopic (exact) mass is 219 g/mol. The van der Waals surface area contributed by atoms with Gasteiger partial charge in [0.15, 0.2) is 0 Å². The van der Waals surface area contributed by atoms with E-state index >= 15 is 0 Å². The molecule has 2 nitrogen and oxygen atoms in total. The normalized spacial score (nSPS) is 20.8. The van der Waals surface area contributed by atoms with Gasteiger partial charge in [-0.3, -0.25) is 0 Å². The average molecular weight is 219 g/mol. The minimum Gasteiger partial charge on any atom is -0.496 e. The molecule has 1 saturated heterocycles. The van der Waals surface area contributed by atoms with Crippen molar-refractivity contribution < 1.29 is 4.74 Å². The van der Waals surface area contributed by atoms with E-state index in [9.17, 15) is 0 Å². The van der Waals surface area contributed by atoms with Crippen molar-refractivity contribution in [2.75, 3.05) is 13.7 Å². The molecule has 0 radical (unpaired) electrons. The summed E-state index contributed by atoms with van der Waals surface area (Å²) in [6, 6.07) is 7.14. The third-order valence-corrected chi connectivity index (χ3v) is 3.40. The molecule has 0 spiro atoms. The van der Waals surface area contributed by atoms with Gasteiger partial charge in [0.1, 0.15) is 5.75 Å². The molecule has 1 aliphatic heterocycles. The Balaban J connectivity index is 2.20. The number of nitrogens with one attached hydrogen (secondary N) is 1. The van der Waals surface area contributed by atoms with Gasteiger partial charge >= 0.3 is 0 Å². The molecule has 2 heteroatoms. The van der Waals surface area contributed by atoms with E-state index in [0.717, 1.165) is 18.7 Å². The molecule has 0 bridgehead atoms. The summed E-state index contributed by atoms with van der Waals surface area (Å²) in [6.07, 6.45) is 4.94. The SMILES string of the molecule is CCc1cc(C2CCCCN2)ccc1OC. The minimum absolute atomic E-state index is 0.546. The molecule has 1 heterocycles. The molecule has 1 aromatic carbocycles. The van der Waals surface area contributed by atoms with Gasteiger partial charge in [0, 0.05) is 6.04 Å². The van der Waals surface area contributed by atoms with E-state index in [4.69, 9.17) is 4.74 Å². The fraction of sp³-hybridized carbons (Fsp3) is 0.571. The molecular weight excluding hydrogens is 198 g/mol. The smallest absolute Gasteiger partial charge is 0.122 e. The highest BCUT2D eigenvalue weighted by molar-refractivity contribution is 5.38. The molecule has 0 aliphatic carbocycles. The molecule has 1 N–H and O–H groups in total. The Kier molecular flexibility index (Phi) is 3.83. The molecule has 1 aromatic rings. The van der Waals surface area contributed by atoms with Crippen molar-refractivity contribution in [1.29, 1.82) is 0 Å². The highest BCUT2D eigenvalue weighted by Crippen LogP contribution is 2.27. The van der Waals surface area contributed by atoms with E-state index < -0.39 is 0 Å². The van der Waals surface area contributed by atoms with Crippen molar-refractivity contribution in [1.82, 2.24) is 5.32 Å². The van der Waals surface area contributed by atoms with Gasteiger partial charge in [0.2, 0.25) is 0 Å². The van der Waals surface area contributed by atoms with Gasteiger partial charge in [-0.2, -0.15) is 0 Å². The Morgan fingerprint density at radius 2 is 2.25 bits per heavy atom. The third kappa shape index (κ3) is 2.38. The maximum atomic E-state index is 5.36. The highest BCUT2D eigenvalue weighted by atomic mass is 16.5. The number of benzene rings is 1. The number of rotatable bonds is 3. The summed E-state index contributed by atoms with van der Waals surface area (Å²) >= 11 is 0. The maximum absolute atomic E-state index is 5.36. The molecule has 1 atom stereocenters. The van der Waals surface area contributed by atoms with Crippen LogP contribution in [0, 0.1) is 0 Å². The van der Waals surface area contributed by atoms with E-state index in [1.54, 1.807) is 7.11 Å². The van der Waals surface area contributed by atoms with E-state index in [2.05, 4.69) is 30.4 Å². The first kappa shape index (κ1) is 11.5. The molecule has 1 aliphatic rings. The topological polar surface area (TPSA) is 21.3 Å². The van der Waals surface area contributed by atoms with Crippen LogP contribution in [0.15, 0.2) is 18.2 Å². The van der Waals surface area contributed by atoms with Crippen LogP contribution < -0.4 is 10.1 Å². The van der Waals surface area contributed by atoms with Gasteiger partial charge in [-0.1, -0.05) is 25.5 Å². The summed E-state index contributed by atoms with van der Waals surface area (Å²) in [7, 11) is 1.74. The largest absolute Gasteiger partial charge is 0.496 e. The highest BCUT2D eigenvalue weighted by Gasteiger charge is 2.15. The van der Waals surface area contributed by atoms with Crippen LogP contribution in [0.25, 0.3) is 0 Å². The molecule has 16 heavy (non-hydrogen) atoms.